The highest BCUT2D eigenvalue weighted by Gasteiger charge is 2.20. The first kappa shape index (κ1) is 24.2. The fourth-order valence-electron chi connectivity index (χ4n) is 3.06. The summed E-state index contributed by atoms with van der Waals surface area (Å²) in [6.07, 6.45) is 3.64. The lowest BCUT2D eigenvalue weighted by molar-refractivity contribution is -0.119. The number of ether oxygens (including phenoxy) is 1. The van der Waals surface area contributed by atoms with Gasteiger partial charge in [-0.15, -0.1) is 24.0 Å². The molecule has 0 unspecified atom stereocenters. The van der Waals surface area contributed by atoms with E-state index in [-0.39, 0.29) is 29.9 Å². The molecule has 7 nitrogen and oxygen atoms in total. The Bertz CT molecular complexity index is 645. The maximum Gasteiger partial charge on any atom is 0.231 e. The number of benzene rings is 1. The molecule has 28 heavy (non-hydrogen) atoms. The van der Waals surface area contributed by atoms with E-state index in [2.05, 4.69) is 22.1 Å². The number of para-hydroxylation sites is 1. The van der Waals surface area contributed by atoms with Crippen molar-refractivity contribution in [2.75, 3.05) is 32.8 Å². The fourth-order valence-corrected chi connectivity index (χ4v) is 3.06. The summed E-state index contributed by atoms with van der Waals surface area (Å²) in [6, 6.07) is 8.24. The number of primary amides is 1. The lowest BCUT2D eigenvalue weighted by Gasteiger charge is -2.32. The number of nitrogens with one attached hydrogen (secondary N) is 2. The average molecular weight is 501 g/mol. The van der Waals surface area contributed by atoms with E-state index in [9.17, 15) is 4.79 Å². The number of hydrogen-bond donors (Lipinski definition) is 3. The first-order valence-corrected chi connectivity index (χ1v) is 9.49. The molecule has 0 aromatic heterocycles. The molecular formula is C20H32IN5O2. The number of aliphatic imine (C=N–C) groups is 1. The topological polar surface area (TPSA) is 92.0 Å². The van der Waals surface area contributed by atoms with Crippen LogP contribution in [0.4, 0.5) is 0 Å². The summed E-state index contributed by atoms with van der Waals surface area (Å²) in [4.78, 5) is 17.9. The Morgan fingerprint density at radius 2 is 2.11 bits per heavy atom. The molecule has 1 aliphatic heterocycles. The monoisotopic (exact) mass is 501 g/mol. The summed E-state index contributed by atoms with van der Waals surface area (Å²) < 4.78 is 5.70. The summed E-state index contributed by atoms with van der Waals surface area (Å²) in [5.74, 6) is 1.36. The molecule has 1 aliphatic rings. The van der Waals surface area contributed by atoms with Crippen molar-refractivity contribution in [1.82, 2.24) is 15.5 Å². The molecule has 1 saturated heterocycles. The van der Waals surface area contributed by atoms with E-state index in [0.29, 0.717) is 25.7 Å². The number of likely N-dealkylation sites (tertiary alicyclic amines) is 1. The second-order valence-electron chi connectivity index (χ2n) is 6.56. The molecule has 0 spiro atoms. The van der Waals surface area contributed by atoms with Crippen LogP contribution in [0.3, 0.4) is 0 Å². The predicted molar refractivity (Wildman–Crippen MR) is 124 cm³/mol. The number of hydrogen-bond acceptors (Lipinski definition) is 4. The Kier molecular flexibility index (Phi) is 11.6. The molecule has 0 saturated carbocycles. The van der Waals surface area contributed by atoms with Crippen LogP contribution in [0.2, 0.25) is 0 Å². The van der Waals surface area contributed by atoms with E-state index >= 15 is 0 Å². The van der Waals surface area contributed by atoms with E-state index in [4.69, 9.17) is 15.5 Å². The zero-order valence-electron chi connectivity index (χ0n) is 16.5. The summed E-state index contributed by atoms with van der Waals surface area (Å²) in [5.41, 5.74) is 6.31. The maximum atomic E-state index is 11.0. The van der Waals surface area contributed by atoms with Crippen LogP contribution in [-0.4, -0.2) is 55.6 Å². The highest BCUT2D eigenvalue weighted by molar-refractivity contribution is 14.0. The third-order valence-electron chi connectivity index (χ3n) is 4.39. The molecule has 2 rings (SSSR count). The molecule has 0 aliphatic carbocycles. The number of guanidine groups is 1. The van der Waals surface area contributed by atoms with Gasteiger partial charge in [0.2, 0.25) is 5.91 Å². The van der Waals surface area contributed by atoms with Crippen LogP contribution in [0.25, 0.3) is 0 Å². The predicted octanol–water partition coefficient (Wildman–Crippen LogP) is 1.87. The fraction of sp³-hybridized carbons (Fsp3) is 0.500. The first-order valence-electron chi connectivity index (χ1n) is 9.49. The quantitative estimate of drug-likeness (QED) is 0.208. The zero-order chi connectivity index (χ0) is 19.5. The Labute approximate surface area is 184 Å². The van der Waals surface area contributed by atoms with Gasteiger partial charge >= 0.3 is 0 Å². The van der Waals surface area contributed by atoms with E-state index < -0.39 is 0 Å². The average Bonchev–Trinajstić information content (AvgIpc) is 2.66. The number of nitrogens with zero attached hydrogens (tertiary/aromatic N) is 2. The van der Waals surface area contributed by atoms with E-state index in [1.165, 1.54) is 0 Å². The highest BCUT2D eigenvalue weighted by atomic mass is 127. The zero-order valence-corrected chi connectivity index (χ0v) is 18.9. The molecule has 156 valence electrons. The van der Waals surface area contributed by atoms with Gasteiger partial charge in [-0.1, -0.05) is 30.9 Å². The van der Waals surface area contributed by atoms with Gasteiger partial charge in [0.25, 0.3) is 0 Å². The van der Waals surface area contributed by atoms with Crippen LogP contribution >= 0.6 is 24.0 Å². The standard InChI is InChI=1S/C20H31N5O2.HI/c1-3-13-27-18-8-6-5-7-16(18)14-23-20(22-4-2)24-17-9-11-25(12-10-17)15-19(21)26;/h3,5-8,17H,1,4,9-15H2,2H3,(H2,21,26)(H2,22,23,24);1H. The van der Waals surface area contributed by atoms with Crippen molar-refractivity contribution in [3.8, 4) is 5.75 Å². The highest BCUT2D eigenvalue weighted by Crippen LogP contribution is 2.19. The number of piperidine rings is 1. The molecule has 8 heteroatoms. The van der Waals surface area contributed by atoms with Crippen LogP contribution in [0, 0.1) is 0 Å². The van der Waals surface area contributed by atoms with Gasteiger partial charge in [-0.3, -0.25) is 9.69 Å². The Morgan fingerprint density at radius 1 is 1.39 bits per heavy atom. The number of amides is 1. The third-order valence-corrected chi connectivity index (χ3v) is 4.39. The van der Waals surface area contributed by atoms with Gasteiger partial charge in [0.05, 0.1) is 13.1 Å². The van der Waals surface area contributed by atoms with Crippen molar-refractivity contribution in [3.05, 3.63) is 42.5 Å². The largest absolute Gasteiger partial charge is 0.489 e. The normalized spacial score (nSPS) is 15.4. The minimum atomic E-state index is -0.270. The Hall–Kier alpha value is -1.81. The number of carbonyl (C=O) groups excluding carboxylic acids is 1. The van der Waals surface area contributed by atoms with Crippen molar-refractivity contribution in [3.63, 3.8) is 0 Å². The molecule has 1 aromatic rings. The van der Waals surface area contributed by atoms with Crippen LogP contribution in [0.1, 0.15) is 25.3 Å². The summed E-state index contributed by atoms with van der Waals surface area (Å²) >= 11 is 0. The van der Waals surface area contributed by atoms with Gasteiger partial charge in [-0.25, -0.2) is 4.99 Å². The Morgan fingerprint density at radius 3 is 2.75 bits per heavy atom. The van der Waals surface area contributed by atoms with Crippen molar-refractivity contribution in [2.24, 2.45) is 10.7 Å². The van der Waals surface area contributed by atoms with Gasteiger partial charge in [0, 0.05) is 31.2 Å². The van der Waals surface area contributed by atoms with Gasteiger partial charge in [-0.2, -0.15) is 0 Å². The van der Waals surface area contributed by atoms with Crippen molar-refractivity contribution < 1.29 is 9.53 Å². The molecule has 0 radical (unpaired) electrons. The second kappa shape index (κ2) is 13.4. The smallest absolute Gasteiger partial charge is 0.231 e. The molecule has 1 aromatic carbocycles. The molecule has 1 fully saturated rings. The number of carbonyl (C=O) groups is 1. The molecule has 4 N–H and O–H groups in total. The molecule has 1 heterocycles. The van der Waals surface area contributed by atoms with Crippen molar-refractivity contribution in [1.29, 1.82) is 0 Å². The minimum Gasteiger partial charge on any atom is -0.489 e. The maximum absolute atomic E-state index is 11.0. The SMILES string of the molecule is C=CCOc1ccccc1CN=C(NCC)NC1CCN(CC(N)=O)CC1.I. The van der Waals surface area contributed by atoms with Gasteiger partial charge in [0.15, 0.2) is 5.96 Å². The van der Waals surface area contributed by atoms with Crippen molar-refractivity contribution >= 4 is 35.8 Å². The summed E-state index contributed by atoms with van der Waals surface area (Å²) in [7, 11) is 0. The molecule has 1 amide bonds. The second-order valence-corrected chi connectivity index (χ2v) is 6.56. The molecule has 0 bridgehead atoms. The third kappa shape index (κ3) is 8.47. The number of rotatable bonds is 9. The van der Waals surface area contributed by atoms with Crippen LogP contribution in [0.15, 0.2) is 41.9 Å². The minimum absolute atomic E-state index is 0. The van der Waals surface area contributed by atoms with E-state index in [0.717, 1.165) is 49.7 Å². The Balaban J connectivity index is 0.00000392. The van der Waals surface area contributed by atoms with Crippen molar-refractivity contribution in [2.45, 2.75) is 32.4 Å². The first-order chi connectivity index (χ1) is 13.1. The molecular weight excluding hydrogens is 469 g/mol. The van der Waals surface area contributed by atoms with Crippen LogP contribution < -0.4 is 21.1 Å². The number of halogens is 1. The van der Waals surface area contributed by atoms with E-state index in [1.54, 1.807) is 6.08 Å². The van der Waals surface area contributed by atoms with Crippen LogP contribution in [-0.2, 0) is 11.3 Å². The van der Waals surface area contributed by atoms with Gasteiger partial charge in [0.1, 0.15) is 12.4 Å². The number of nitrogens with two attached hydrogens (primary N) is 1. The lowest BCUT2D eigenvalue weighted by Crippen LogP contribution is -2.49. The van der Waals surface area contributed by atoms with Crippen LogP contribution in [0.5, 0.6) is 5.75 Å². The van der Waals surface area contributed by atoms with Gasteiger partial charge in [-0.05, 0) is 25.8 Å². The summed E-state index contributed by atoms with van der Waals surface area (Å²) in [5, 5.41) is 6.80. The van der Waals surface area contributed by atoms with E-state index in [1.807, 2.05) is 31.2 Å². The van der Waals surface area contributed by atoms with Gasteiger partial charge < -0.3 is 21.1 Å². The summed E-state index contributed by atoms with van der Waals surface area (Å²) in [6.45, 7) is 9.59. The molecule has 0 atom stereocenters. The lowest BCUT2D eigenvalue weighted by atomic mass is 10.1.